The van der Waals surface area contributed by atoms with Crippen LogP contribution in [0.15, 0.2) is 12.4 Å². The van der Waals surface area contributed by atoms with Crippen molar-refractivity contribution in [3.05, 3.63) is 28.1 Å². The van der Waals surface area contributed by atoms with Crippen LogP contribution in [0.25, 0.3) is 0 Å². The smallest absolute Gasteiger partial charge is 0.270 e. The molecule has 0 fully saturated rings. The summed E-state index contributed by atoms with van der Waals surface area (Å²) in [7, 11) is 0. The molecule has 0 bridgehead atoms. The third-order valence-corrected chi connectivity index (χ3v) is 3.04. The van der Waals surface area contributed by atoms with Crippen molar-refractivity contribution in [1.82, 2.24) is 19.6 Å². The largest absolute Gasteiger partial charge is 0.304 e. The zero-order valence-electron chi connectivity index (χ0n) is 9.55. The number of hydrogen-bond acceptors (Lipinski definition) is 6. The van der Waals surface area contributed by atoms with Gasteiger partial charge in [-0.2, -0.15) is 0 Å². The standard InChI is InChI=1S/C10H10ClN5OS/c1-2-3-6-9(18-16-15-6)10(17)14-8-5-12-4-7(11)13-8/h4-5H,2-3H2,1H3,(H,13,14,17). The minimum atomic E-state index is -0.287. The molecule has 0 aromatic carbocycles. The van der Waals surface area contributed by atoms with Gasteiger partial charge in [0.2, 0.25) is 0 Å². The second kappa shape index (κ2) is 5.83. The molecular weight excluding hydrogens is 274 g/mol. The van der Waals surface area contributed by atoms with E-state index < -0.39 is 0 Å². The molecule has 6 nitrogen and oxygen atoms in total. The van der Waals surface area contributed by atoms with Gasteiger partial charge in [0.25, 0.3) is 5.91 Å². The van der Waals surface area contributed by atoms with Crippen molar-refractivity contribution in [1.29, 1.82) is 0 Å². The average molecular weight is 284 g/mol. The summed E-state index contributed by atoms with van der Waals surface area (Å²) < 4.78 is 3.79. The number of aryl methyl sites for hydroxylation is 1. The number of hydrogen-bond donors (Lipinski definition) is 1. The third-order valence-electron chi connectivity index (χ3n) is 2.10. The van der Waals surface area contributed by atoms with Crippen LogP contribution < -0.4 is 5.32 Å². The van der Waals surface area contributed by atoms with Crippen molar-refractivity contribution in [3.8, 4) is 0 Å². The highest BCUT2D eigenvalue weighted by Gasteiger charge is 2.16. The van der Waals surface area contributed by atoms with E-state index in [1.165, 1.54) is 12.4 Å². The number of carbonyl (C=O) groups excluding carboxylic acids is 1. The van der Waals surface area contributed by atoms with Crippen LogP contribution in [0.3, 0.4) is 0 Å². The number of nitrogens with one attached hydrogen (secondary N) is 1. The molecule has 94 valence electrons. The molecule has 8 heteroatoms. The zero-order valence-corrected chi connectivity index (χ0v) is 11.1. The van der Waals surface area contributed by atoms with Crippen LogP contribution in [0.5, 0.6) is 0 Å². The van der Waals surface area contributed by atoms with Gasteiger partial charge in [0.1, 0.15) is 10.0 Å². The van der Waals surface area contributed by atoms with Gasteiger partial charge in [-0.1, -0.05) is 29.4 Å². The maximum Gasteiger partial charge on any atom is 0.270 e. The van der Waals surface area contributed by atoms with Crippen molar-refractivity contribution in [3.63, 3.8) is 0 Å². The van der Waals surface area contributed by atoms with Gasteiger partial charge >= 0.3 is 0 Å². The monoisotopic (exact) mass is 283 g/mol. The lowest BCUT2D eigenvalue weighted by molar-refractivity contribution is 0.102. The molecule has 1 amide bonds. The van der Waals surface area contributed by atoms with E-state index in [2.05, 4.69) is 24.9 Å². The maximum absolute atomic E-state index is 12.0. The van der Waals surface area contributed by atoms with E-state index >= 15 is 0 Å². The predicted molar refractivity (Wildman–Crippen MR) is 68.9 cm³/mol. The van der Waals surface area contributed by atoms with E-state index in [9.17, 15) is 4.79 Å². The van der Waals surface area contributed by atoms with Crippen molar-refractivity contribution in [2.75, 3.05) is 5.32 Å². The van der Waals surface area contributed by atoms with Crippen LogP contribution in [0, 0.1) is 0 Å². The van der Waals surface area contributed by atoms with Gasteiger partial charge < -0.3 is 5.32 Å². The lowest BCUT2D eigenvalue weighted by Gasteiger charge is -2.02. The summed E-state index contributed by atoms with van der Waals surface area (Å²) in [6.45, 7) is 2.02. The molecule has 0 aliphatic carbocycles. The molecule has 0 saturated heterocycles. The molecule has 2 aromatic rings. The van der Waals surface area contributed by atoms with Crippen molar-refractivity contribution < 1.29 is 4.79 Å². The Bertz CT molecular complexity index is 559. The van der Waals surface area contributed by atoms with Gasteiger partial charge in [0.05, 0.1) is 18.1 Å². The first-order chi connectivity index (χ1) is 8.70. The van der Waals surface area contributed by atoms with Gasteiger partial charge in [-0.15, -0.1) is 5.10 Å². The average Bonchev–Trinajstić information content (AvgIpc) is 2.78. The van der Waals surface area contributed by atoms with E-state index in [0.29, 0.717) is 16.4 Å². The van der Waals surface area contributed by atoms with Gasteiger partial charge in [-0.3, -0.25) is 9.78 Å². The Morgan fingerprint density at radius 2 is 2.33 bits per heavy atom. The molecule has 18 heavy (non-hydrogen) atoms. The predicted octanol–water partition coefficient (Wildman–Crippen LogP) is 2.19. The Hall–Kier alpha value is -1.60. The molecule has 0 saturated carbocycles. The fourth-order valence-corrected chi connectivity index (χ4v) is 2.11. The molecule has 2 aromatic heterocycles. The second-order valence-corrected chi connectivity index (χ2v) is 4.62. The molecule has 0 atom stereocenters. The zero-order chi connectivity index (χ0) is 13.0. The number of carbonyl (C=O) groups is 1. The number of amides is 1. The van der Waals surface area contributed by atoms with Gasteiger partial charge in [-0.25, -0.2) is 4.98 Å². The Labute approximate surface area is 113 Å². The van der Waals surface area contributed by atoms with Gasteiger partial charge in [0.15, 0.2) is 5.82 Å². The third kappa shape index (κ3) is 2.99. The SMILES string of the molecule is CCCc1nnsc1C(=O)Nc1cncc(Cl)n1. The molecule has 0 spiro atoms. The fourth-order valence-electron chi connectivity index (χ4n) is 1.36. The Kier molecular flexibility index (Phi) is 4.16. The van der Waals surface area contributed by atoms with Crippen molar-refractivity contribution in [2.24, 2.45) is 0 Å². The number of halogens is 1. The van der Waals surface area contributed by atoms with E-state index in [4.69, 9.17) is 11.6 Å². The molecule has 0 unspecified atom stereocenters. The summed E-state index contributed by atoms with van der Waals surface area (Å²) in [5, 5.41) is 6.78. The van der Waals surface area contributed by atoms with Crippen LogP contribution in [-0.4, -0.2) is 25.5 Å². The van der Waals surface area contributed by atoms with Crippen LogP contribution in [0.4, 0.5) is 5.82 Å². The minimum absolute atomic E-state index is 0.226. The lowest BCUT2D eigenvalue weighted by Crippen LogP contribution is -2.13. The number of anilines is 1. The normalized spacial score (nSPS) is 10.3. The summed E-state index contributed by atoms with van der Waals surface area (Å²) in [5.41, 5.74) is 0.704. The molecule has 2 heterocycles. The molecule has 1 N–H and O–H groups in total. The summed E-state index contributed by atoms with van der Waals surface area (Å²) in [6, 6.07) is 0. The number of nitrogens with zero attached hydrogens (tertiary/aromatic N) is 4. The Balaban J connectivity index is 2.14. The van der Waals surface area contributed by atoms with E-state index in [1.807, 2.05) is 6.92 Å². The topological polar surface area (TPSA) is 80.7 Å². The number of aromatic nitrogens is 4. The van der Waals surface area contributed by atoms with Crippen LogP contribution in [-0.2, 0) is 6.42 Å². The highest BCUT2D eigenvalue weighted by atomic mass is 35.5. The Morgan fingerprint density at radius 1 is 1.50 bits per heavy atom. The van der Waals surface area contributed by atoms with E-state index in [0.717, 1.165) is 24.4 Å². The highest BCUT2D eigenvalue weighted by Crippen LogP contribution is 2.15. The van der Waals surface area contributed by atoms with Crippen LogP contribution in [0.2, 0.25) is 5.15 Å². The van der Waals surface area contributed by atoms with Crippen molar-refractivity contribution in [2.45, 2.75) is 19.8 Å². The fraction of sp³-hybridized carbons (Fsp3) is 0.300. The van der Waals surface area contributed by atoms with Crippen molar-refractivity contribution >= 4 is 34.9 Å². The summed E-state index contributed by atoms with van der Waals surface area (Å²) in [4.78, 5) is 20.3. The summed E-state index contributed by atoms with van der Waals surface area (Å²) in [6.07, 6.45) is 4.45. The van der Waals surface area contributed by atoms with E-state index in [1.54, 1.807) is 0 Å². The second-order valence-electron chi connectivity index (χ2n) is 3.48. The molecule has 2 rings (SSSR count). The first-order valence-electron chi connectivity index (χ1n) is 5.31. The Morgan fingerprint density at radius 3 is 3.06 bits per heavy atom. The number of rotatable bonds is 4. The lowest BCUT2D eigenvalue weighted by atomic mass is 10.2. The minimum Gasteiger partial charge on any atom is -0.304 e. The first kappa shape index (κ1) is 12.8. The first-order valence-corrected chi connectivity index (χ1v) is 6.46. The highest BCUT2D eigenvalue weighted by molar-refractivity contribution is 7.08. The summed E-state index contributed by atoms with van der Waals surface area (Å²) in [5.74, 6) is 0.0216. The van der Waals surface area contributed by atoms with Gasteiger partial charge in [-0.05, 0) is 18.0 Å². The summed E-state index contributed by atoms with van der Waals surface area (Å²) >= 11 is 6.75. The molecule has 0 aliphatic rings. The quantitative estimate of drug-likeness (QED) is 0.930. The van der Waals surface area contributed by atoms with Crippen LogP contribution in [0.1, 0.15) is 28.7 Å². The van der Waals surface area contributed by atoms with Crippen LogP contribution >= 0.6 is 23.1 Å². The van der Waals surface area contributed by atoms with Gasteiger partial charge in [0, 0.05) is 0 Å². The van der Waals surface area contributed by atoms with E-state index in [-0.39, 0.29) is 11.1 Å². The molecular formula is C10H10ClN5OS. The molecule has 0 aliphatic heterocycles. The molecule has 0 radical (unpaired) electrons. The maximum atomic E-state index is 12.0.